The predicted molar refractivity (Wildman–Crippen MR) is 192 cm³/mol. The molecule has 0 spiro atoms. The van der Waals surface area contributed by atoms with E-state index in [1.165, 1.54) is 43.8 Å². The van der Waals surface area contributed by atoms with Gasteiger partial charge >= 0.3 is 0 Å². The van der Waals surface area contributed by atoms with E-state index in [0.717, 1.165) is 34.2 Å². The monoisotopic (exact) mass is 581 g/mol. The summed E-state index contributed by atoms with van der Waals surface area (Å²) in [5, 5.41) is 4.83. The van der Waals surface area contributed by atoms with E-state index >= 15 is 0 Å². The van der Waals surface area contributed by atoms with Crippen molar-refractivity contribution in [2.75, 3.05) is 0 Å². The van der Waals surface area contributed by atoms with Crippen LogP contribution in [0.25, 0.3) is 21.5 Å². The second-order valence-corrected chi connectivity index (χ2v) is 13.4. The Morgan fingerprint density at radius 1 is 0.500 bits per heavy atom. The minimum absolute atomic E-state index is 0.356. The molecular weight excluding hydrogens is 534 g/mol. The maximum Gasteiger partial charge on any atom is 0.0849 e. The first-order valence-electron chi connectivity index (χ1n) is 16.2. The van der Waals surface area contributed by atoms with Crippen LogP contribution in [0, 0.1) is 0 Å². The Bertz CT molecular complexity index is 1740. The molecule has 0 aliphatic rings. The Hall–Kier alpha value is -4.11. The van der Waals surface area contributed by atoms with Crippen LogP contribution >= 0.6 is 0 Å². The number of hydrogen-bond donors (Lipinski definition) is 0. The molecule has 0 fully saturated rings. The van der Waals surface area contributed by atoms with E-state index < -0.39 is 0 Å². The van der Waals surface area contributed by atoms with Crippen molar-refractivity contribution in [3.8, 4) is 0 Å². The van der Waals surface area contributed by atoms with E-state index in [0.29, 0.717) is 23.7 Å². The first-order chi connectivity index (χ1) is 20.9. The Balaban J connectivity index is 1.62. The van der Waals surface area contributed by atoms with Crippen LogP contribution in [0.15, 0.2) is 88.8 Å². The fourth-order valence-electron chi connectivity index (χ4n) is 5.86. The molecule has 44 heavy (non-hydrogen) atoms. The lowest BCUT2D eigenvalue weighted by Crippen LogP contribution is -2.05. The highest BCUT2D eigenvalue weighted by Crippen LogP contribution is 2.38. The highest BCUT2D eigenvalue weighted by molar-refractivity contribution is 6.06. The minimum atomic E-state index is 0.356. The van der Waals surface area contributed by atoms with Crippen LogP contribution in [0.2, 0.25) is 0 Å². The molecule has 3 nitrogen and oxygen atoms in total. The van der Waals surface area contributed by atoms with Crippen molar-refractivity contribution in [3.05, 3.63) is 113 Å². The molecule has 0 N–H and O–H groups in total. The Morgan fingerprint density at radius 3 is 1.25 bits per heavy atom. The Labute approximate surface area is 264 Å². The number of fused-ring (bicyclic) bond motifs is 2. The van der Waals surface area contributed by atoms with Gasteiger partial charge in [0.2, 0.25) is 0 Å². The minimum Gasteiger partial charge on any atom is -0.251 e. The lowest BCUT2D eigenvalue weighted by Gasteiger charge is -2.16. The zero-order valence-electron chi connectivity index (χ0n) is 28.2. The van der Waals surface area contributed by atoms with E-state index in [1.54, 1.807) is 0 Å². The SMILES string of the molecule is CC(=Nc1c(C(C)C)ccc2ccc(C(C)C)cc12)c1cccc(C(C)=Nc2c(C(C)C)ccc3ccc(C(C)C)cc23)n1. The molecule has 0 radical (unpaired) electrons. The van der Waals surface area contributed by atoms with Crippen LogP contribution in [0.3, 0.4) is 0 Å². The number of nitrogens with zero attached hydrogens (tertiary/aromatic N) is 3. The lowest BCUT2D eigenvalue weighted by atomic mass is 9.93. The van der Waals surface area contributed by atoms with Gasteiger partial charge in [-0.15, -0.1) is 0 Å². The maximum atomic E-state index is 5.28. The van der Waals surface area contributed by atoms with E-state index in [-0.39, 0.29) is 0 Å². The smallest absolute Gasteiger partial charge is 0.0849 e. The van der Waals surface area contributed by atoms with Crippen molar-refractivity contribution in [2.24, 2.45) is 9.98 Å². The molecule has 0 atom stereocenters. The summed E-state index contributed by atoms with van der Waals surface area (Å²) >= 11 is 0. The summed E-state index contributed by atoms with van der Waals surface area (Å²) in [5.74, 6) is 1.62. The van der Waals surface area contributed by atoms with Crippen molar-refractivity contribution in [1.82, 2.24) is 4.98 Å². The maximum absolute atomic E-state index is 5.28. The first-order valence-corrected chi connectivity index (χ1v) is 16.2. The Kier molecular flexibility index (Phi) is 9.15. The van der Waals surface area contributed by atoms with Crippen molar-refractivity contribution >= 4 is 44.3 Å². The van der Waals surface area contributed by atoms with Gasteiger partial charge in [0.05, 0.1) is 34.2 Å². The number of benzene rings is 4. The molecule has 0 aliphatic heterocycles. The zero-order valence-corrected chi connectivity index (χ0v) is 28.2. The van der Waals surface area contributed by atoms with Gasteiger partial charge in [-0.2, -0.15) is 0 Å². The summed E-state index contributed by atoms with van der Waals surface area (Å²) < 4.78 is 0. The van der Waals surface area contributed by atoms with Gasteiger partial charge in [-0.1, -0.05) is 110 Å². The fourth-order valence-corrected chi connectivity index (χ4v) is 5.86. The van der Waals surface area contributed by atoms with Crippen LogP contribution in [-0.2, 0) is 0 Å². The number of hydrogen-bond acceptors (Lipinski definition) is 3. The largest absolute Gasteiger partial charge is 0.251 e. The van der Waals surface area contributed by atoms with E-state index in [4.69, 9.17) is 15.0 Å². The third kappa shape index (κ3) is 6.38. The molecule has 0 saturated heterocycles. The van der Waals surface area contributed by atoms with Gasteiger partial charge in [-0.3, -0.25) is 9.98 Å². The summed E-state index contributed by atoms with van der Waals surface area (Å²) in [6, 6.07) is 28.7. The van der Waals surface area contributed by atoms with Crippen molar-refractivity contribution < 1.29 is 0 Å². The van der Waals surface area contributed by atoms with Crippen LogP contribution in [-0.4, -0.2) is 16.4 Å². The molecule has 3 heteroatoms. The van der Waals surface area contributed by atoms with Gasteiger partial charge in [-0.25, -0.2) is 4.98 Å². The third-order valence-electron chi connectivity index (χ3n) is 8.72. The molecule has 5 rings (SSSR count). The van der Waals surface area contributed by atoms with Crippen molar-refractivity contribution in [1.29, 1.82) is 0 Å². The number of aliphatic imine (C=N–C) groups is 2. The summed E-state index contributed by atoms with van der Waals surface area (Å²) in [6.45, 7) is 22.1. The Morgan fingerprint density at radius 2 is 0.886 bits per heavy atom. The molecule has 0 saturated carbocycles. The molecular formula is C41H47N3. The summed E-state index contributed by atoms with van der Waals surface area (Å²) in [4.78, 5) is 15.7. The molecule has 0 unspecified atom stereocenters. The number of aromatic nitrogens is 1. The van der Waals surface area contributed by atoms with Gasteiger partial charge in [0.1, 0.15) is 0 Å². The molecule has 1 heterocycles. The predicted octanol–water partition coefficient (Wildman–Crippen LogP) is 12.2. The summed E-state index contributed by atoms with van der Waals surface area (Å²) in [5.41, 5.74) is 10.8. The molecule has 1 aromatic heterocycles. The summed E-state index contributed by atoms with van der Waals surface area (Å²) in [6.07, 6.45) is 0. The van der Waals surface area contributed by atoms with E-state index in [1.807, 2.05) is 0 Å². The van der Waals surface area contributed by atoms with E-state index in [2.05, 4.69) is 148 Å². The normalized spacial score (nSPS) is 13.0. The van der Waals surface area contributed by atoms with Gasteiger partial charge in [0, 0.05) is 10.8 Å². The van der Waals surface area contributed by atoms with Crippen molar-refractivity contribution in [2.45, 2.75) is 92.9 Å². The third-order valence-corrected chi connectivity index (χ3v) is 8.72. The first kappa shape index (κ1) is 31.3. The van der Waals surface area contributed by atoms with Gasteiger partial charge < -0.3 is 0 Å². The molecule has 4 aromatic carbocycles. The highest BCUT2D eigenvalue weighted by atomic mass is 14.8. The van der Waals surface area contributed by atoms with Gasteiger partial charge in [0.15, 0.2) is 0 Å². The average Bonchev–Trinajstić information content (AvgIpc) is 3.00. The fraction of sp³-hybridized carbons (Fsp3) is 0.341. The van der Waals surface area contributed by atoms with Crippen LogP contribution < -0.4 is 0 Å². The van der Waals surface area contributed by atoms with Crippen LogP contribution in [0.4, 0.5) is 11.4 Å². The summed E-state index contributed by atoms with van der Waals surface area (Å²) in [7, 11) is 0. The quantitative estimate of drug-likeness (QED) is 0.168. The second-order valence-electron chi connectivity index (χ2n) is 13.4. The topological polar surface area (TPSA) is 37.6 Å². The van der Waals surface area contributed by atoms with Gasteiger partial charge in [0.25, 0.3) is 0 Å². The van der Waals surface area contributed by atoms with Crippen LogP contribution in [0.5, 0.6) is 0 Å². The van der Waals surface area contributed by atoms with Gasteiger partial charge in [-0.05, 0) is 94.8 Å². The number of rotatable bonds is 8. The zero-order chi connectivity index (χ0) is 31.7. The highest BCUT2D eigenvalue weighted by Gasteiger charge is 2.15. The molecule has 0 aliphatic carbocycles. The standard InChI is InChI=1S/C41H47N3/c1-24(2)32-16-14-30-18-20-34(26(5)6)40(36(30)22-32)42-28(9)38-12-11-13-39(44-38)29(10)43-41-35(27(7)8)21-19-31-15-17-33(25(3)4)23-37(31)41/h11-27H,1-10H3. The molecule has 0 bridgehead atoms. The number of pyridine rings is 1. The average molecular weight is 582 g/mol. The molecule has 5 aromatic rings. The second kappa shape index (κ2) is 12.9. The molecule has 226 valence electrons. The molecule has 0 amide bonds. The lowest BCUT2D eigenvalue weighted by molar-refractivity contribution is 0.864. The van der Waals surface area contributed by atoms with E-state index in [9.17, 15) is 0 Å². The van der Waals surface area contributed by atoms with Crippen LogP contribution in [0.1, 0.15) is 127 Å². The van der Waals surface area contributed by atoms with Crippen molar-refractivity contribution in [3.63, 3.8) is 0 Å².